The first-order valence-corrected chi connectivity index (χ1v) is 13.6. The molecule has 9 nitrogen and oxygen atoms in total. The van der Waals surface area contributed by atoms with Crippen LogP contribution < -0.4 is 14.8 Å². The largest absolute Gasteiger partial charge is 0.493 e. The minimum Gasteiger partial charge on any atom is -0.493 e. The number of fused-ring (bicyclic) bond motifs is 1. The standard InChI is InChI=1S/C26H27IN2O7S/c1-4-34-21(30)14-36-23-18(27)11-15(12-19(23)33-3)10-16(13-28)24(31)29-25-22(26(32)35-5-2)17-8-6-7-9-20(17)37-25/h10-12H,4-9,14H2,1-3H3,(H,29,31)/b16-10+. The van der Waals surface area contributed by atoms with Gasteiger partial charge in [0, 0.05) is 4.88 Å². The predicted molar refractivity (Wildman–Crippen MR) is 147 cm³/mol. The molecule has 11 heteroatoms. The van der Waals surface area contributed by atoms with Gasteiger partial charge in [0.1, 0.15) is 16.6 Å². The SMILES string of the molecule is CCOC(=O)COc1c(I)cc(/C=C(\C#N)C(=O)Nc2sc3c(c2C(=O)OCC)CCCC3)cc1OC. The van der Waals surface area contributed by atoms with Gasteiger partial charge in [-0.05, 0) is 91.5 Å². The molecule has 1 aliphatic rings. The third-order valence-corrected chi connectivity index (χ3v) is 7.45. The van der Waals surface area contributed by atoms with Gasteiger partial charge in [-0.2, -0.15) is 5.26 Å². The number of carbonyl (C=O) groups is 3. The fourth-order valence-electron chi connectivity index (χ4n) is 3.86. The van der Waals surface area contributed by atoms with Gasteiger partial charge in [0.2, 0.25) is 0 Å². The van der Waals surface area contributed by atoms with Gasteiger partial charge in [0.15, 0.2) is 18.1 Å². The Bertz CT molecular complexity index is 1260. The second-order valence-electron chi connectivity index (χ2n) is 7.89. The van der Waals surface area contributed by atoms with Crippen LogP contribution in [0.1, 0.15) is 53.1 Å². The molecule has 1 aromatic carbocycles. The molecule has 196 valence electrons. The molecule has 0 radical (unpaired) electrons. The summed E-state index contributed by atoms with van der Waals surface area (Å²) in [4.78, 5) is 38.5. The average molecular weight is 638 g/mol. The zero-order valence-corrected chi connectivity index (χ0v) is 23.7. The van der Waals surface area contributed by atoms with Crippen LogP contribution in [0.25, 0.3) is 6.08 Å². The van der Waals surface area contributed by atoms with E-state index < -0.39 is 17.8 Å². The number of amides is 1. The van der Waals surface area contributed by atoms with Gasteiger partial charge in [0.05, 0.1) is 29.5 Å². The first-order chi connectivity index (χ1) is 17.8. The maximum Gasteiger partial charge on any atom is 0.344 e. The molecule has 0 fully saturated rings. The van der Waals surface area contributed by atoms with Crippen molar-refractivity contribution in [2.24, 2.45) is 0 Å². The van der Waals surface area contributed by atoms with Crippen LogP contribution in [0.4, 0.5) is 5.00 Å². The van der Waals surface area contributed by atoms with E-state index in [0.717, 1.165) is 36.1 Å². The number of esters is 2. The zero-order valence-electron chi connectivity index (χ0n) is 20.8. The highest BCUT2D eigenvalue weighted by molar-refractivity contribution is 14.1. The number of ether oxygens (including phenoxy) is 4. The number of nitrogens with one attached hydrogen (secondary N) is 1. The highest BCUT2D eigenvalue weighted by Gasteiger charge is 2.28. The van der Waals surface area contributed by atoms with Crippen LogP contribution in [0.5, 0.6) is 11.5 Å². The predicted octanol–water partition coefficient (Wildman–Crippen LogP) is 4.90. The first-order valence-electron chi connectivity index (χ1n) is 11.7. The Morgan fingerprint density at radius 1 is 1.16 bits per heavy atom. The topological polar surface area (TPSA) is 124 Å². The summed E-state index contributed by atoms with van der Waals surface area (Å²) >= 11 is 3.37. The molecular formula is C26H27IN2O7S. The Kier molecular flexibility index (Phi) is 10.3. The van der Waals surface area contributed by atoms with Gasteiger partial charge >= 0.3 is 11.9 Å². The molecule has 1 amide bonds. The third kappa shape index (κ3) is 7.01. The molecule has 1 heterocycles. The summed E-state index contributed by atoms with van der Waals surface area (Å²) < 4.78 is 21.7. The van der Waals surface area contributed by atoms with E-state index in [4.69, 9.17) is 18.9 Å². The van der Waals surface area contributed by atoms with Crippen LogP contribution in [0.3, 0.4) is 0 Å². The second-order valence-corrected chi connectivity index (χ2v) is 10.2. The number of methoxy groups -OCH3 is 1. The third-order valence-electron chi connectivity index (χ3n) is 5.45. The molecule has 3 rings (SSSR count). The summed E-state index contributed by atoms with van der Waals surface area (Å²) in [6, 6.07) is 5.23. The van der Waals surface area contributed by atoms with Crippen molar-refractivity contribution < 1.29 is 33.3 Å². The molecule has 0 unspecified atom stereocenters. The molecule has 2 aromatic rings. The van der Waals surface area contributed by atoms with Crippen molar-refractivity contribution in [1.29, 1.82) is 5.26 Å². The van der Waals surface area contributed by atoms with Gasteiger partial charge in [0.25, 0.3) is 5.91 Å². The van der Waals surface area contributed by atoms with E-state index in [0.29, 0.717) is 31.2 Å². The van der Waals surface area contributed by atoms with Gasteiger partial charge in [-0.25, -0.2) is 9.59 Å². The van der Waals surface area contributed by atoms with Crippen LogP contribution in [-0.2, 0) is 31.9 Å². The van der Waals surface area contributed by atoms with Crippen LogP contribution in [-0.4, -0.2) is 44.8 Å². The lowest BCUT2D eigenvalue weighted by Gasteiger charge is -2.13. The lowest BCUT2D eigenvalue weighted by molar-refractivity contribution is -0.145. The van der Waals surface area contributed by atoms with Crippen molar-refractivity contribution in [1.82, 2.24) is 0 Å². The second kappa shape index (κ2) is 13.4. The molecule has 1 aliphatic carbocycles. The van der Waals surface area contributed by atoms with E-state index in [1.54, 1.807) is 26.0 Å². The number of thiophene rings is 1. The molecule has 0 saturated heterocycles. The Morgan fingerprint density at radius 3 is 2.57 bits per heavy atom. The van der Waals surface area contributed by atoms with E-state index in [2.05, 4.69) is 5.32 Å². The first kappa shape index (κ1) is 28.5. The highest BCUT2D eigenvalue weighted by Crippen LogP contribution is 2.39. The summed E-state index contributed by atoms with van der Waals surface area (Å²) in [6.45, 7) is 3.62. The van der Waals surface area contributed by atoms with E-state index in [1.807, 2.05) is 28.7 Å². The number of carbonyl (C=O) groups excluding carboxylic acids is 3. The zero-order chi connectivity index (χ0) is 26.9. The van der Waals surface area contributed by atoms with E-state index in [9.17, 15) is 19.6 Å². The van der Waals surface area contributed by atoms with Crippen molar-refractivity contribution in [3.8, 4) is 17.6 Å². The number of aryl methyl sites for hydroxylation is 1. The van der Waals surface area contributed by atoms with Crippen molar-refractivity contribution in [3.63, 3.8) is 0 Å². The van der Waals surface area contributed by atoms with E-state index >= 15 is 0 Å². The quantitative estimate of drug-likeness (QED) is 0.169. The fraction of sp³-hybridized carbons (Fsp3) is 0.385. The summed E-state index contributed by atoms with van der Waals surface area (Å²) in [5, 5.41) is 12.9. The minimum absolute atomic E-state index is 0.153. The monoisotopic (exact) mass is 638 g/mol. The van der Waals surface area contributed by atoms with Crippen molar-refractivity contribution in [3.05, 3.63) is 42.8 Å². The van der Waals surface area contributed by atoms with Crippen molar-refractivity contribution in [2.45, 2.75) is 39.5 Å². The lowest BCUT2D eigenvalue weighted by Crippen LogP contribution is -2.17. The number of anilines is 1. The molecular weight excluding hydrogens is 611 g/mol. The average Bonchev–Trinajstić information content (AvgIpc) is 3.24. The Balaban J connectivity index is 1.87. The van der Waals surface area contributed by atoms with E-state index in [1.165, 1.54) is 24.5 Å². The fourth-order valence-corrected chi connectivity index (χ4v) is 5.91. The number of nitrogens with zero attached hydrogens (tertiary/aromatic N) is 1. The number of benzene rings is 1. The smallest absolute Gasteiger partial charge is 0.344 e. The van der Waals surface area contributed by atoms with Gasteiger partial charge in [-0.3, -0.25) is 4.79 Å². The Labute approximate surface area is 232 Å². The van der Waals surface area contributed by atoms with Crippen LogP contribution in [0.2, 0.25) is 0 Å². The van der Waals surface area contributed by atoms with Crippen LogP contribution in [0.15, 0.2) is 17.7 Å². The molecule has 1 N–H and O–H groups in total. The molecule has 0 saturated carbocycles. The van der Waals surface area contributed by atoms with Gasteiger partial charge in [-0.15, -0.1) is 11.3 Å². The number of hydrogen-bond acceptors (Lipinski definition) is 9. The summed E-state index contributed by atoms with van der Waals surface area (Å²) in [5.74, 6) is -0.943. The summed E-state index contributed by atoms with van der Waals surface area (Å²) in [7, 11) is 1.45. The molecule has 0 atom stereocenters. The number of nitriles is 1. The molecule has 0 spiro atoms. The minimum atomic E-state index is -0.636. The van der Waals surface area contributed by atoms with Crippen molar-refractivity contribution >= 4 is 62.9 Å². The molecule has 0 aliphatic heterocycles. The highest BCUT2D eigenvalue weighted by atomic mass is 127. The molecule has 37 heavy (non-hydrogen) atoms. The Morgan fingerprint density at radius 2 is 1.89 bits per heavy atom. The van der Waals surface area contributed by atoms with Crippen molar-refractivity contribution in [2.75, 3.05) is 32.2 Å². The number of halogens is 1. The number of rotatable bonds is 10. The Hall–Kier alpha value is -3.11. The van der Waals surface area contributed by atoms with Gasteiger partial charge < -0.3 is 24.3 Å². The van der Waals surface area contributed by atoms with E-state index in [-0.39, 0.29) is 25.4 Å². The molecule has 1 aromatic heterocycles. The summed E-state index contributed by atoms with van der Waals surface area (Å²) in [6.07, 6.45) is 5.00. The molecule has 0 bridgehead atoms. The van der Waals surface area contributed by atoms with Crippen LogP contribution >= 0.6 is 33.9 Å². The maximum atomic E-state index is 13.1. The maximum absolute atomic E-state index is 13.1. The normalized spacial score (nSPS) is 12.7. The van der Waals surface area contributed by atoms with Gasteiger partial charge in [-0.1, -0.05) is 0 Å². The summed E-state index contributed by atoms with van der Waals surface area (Å²) in [5.41, 5.74) is 1.67. The number of hydrogen-bond donors (Lipinski definition) is 1. The lowest BCUT2D eigenvalue weighted by atomic mass is 9.95. The van der Waals surface area contributed by atoms with Crippen LogP contribution in [0, 0.1) is 14.9 Å².